The summed E-state index contributed by atoms with van der Waals surface area (Å²) in [5.41, 5.74) is 1.27. The van der Waals surface area contributed by atoms with Crippen molar-refractivity contribution in [3.8, 4) is 0 Å². The lowest BCUT2D eigenvalue weighted by atomic mass is 10.2. The quantitative estimate of drug-likeness (QED) is 0.725. The van der Waals surface area contributed by atoms with Gasteiger partial charge in [0.25, 0.3) is 0 Å². The topological polar surface area (TPSA) is 69.6 Å². The molecule has 2 N–H and O–H groups in total. The van der Waals surface area contributed by atoms with E-state index in [1.165, 1.54) is 6.07 Å². The predicted octanol–water partition coefficient (Wildman–Crippen LogP) is 0.717. The molecule has 0 saturated heterocycles. The van der Waals surface area contributed by atoms with Crippen molar-refractivity contribution in [2.75, 3.05) is 27.2 Å². The Morgan fingerprint density at radius 2 is 2.00 bits per heavy atom. The molecule has 0 radical (unpaired) electrons. The zero-order chi connectivity index (χ0) is 14.5. The summed E-state index contributed by atoms with van der Waals surface area (Å²) >= 11 is 0. The molecule has 0 heterocycles. The van der Waals surface area contributed by atoms with E-state index in [0.29, 0.717) is 17.7 Å². The standard InChI is InChI=1S/C13H22N2O3S/c1-11-5-6-12(10-16)9-13(11)19(17,18)14-7-4-8-15(2)3/h5-6,9,14,16H,4,7-8,10H2,1-3H3. The van der Waals surface area contributed by atoms with E-state index in [-0.39, 0.29) is 11.5 Å². The fourth-order valence-corrected chi connectivity index (χ4v) is 3.08. The number of rotatable bonds is 7. The van der Waals surface area contributed by atoms with Gasteiger partial charge in [-0.15, -0.1) is 0 Å². The molecule has 1 aromatic carbocycles. The Morgan fingerprint density at radius 1 is 1.32 bits per heavy atom. The molecule has 0 bridgehead atoms. The van der Waals surface area contributed by atoms with Gasteiger partial charge in [-0.1, -0.05) is 12.1 Å². The number of nitrogens with one attached hydrogen (secondary N) is 1. The van der Waals surface area contributed by atoms with Gasteiger partial charge in [0.1, 0.15) is 0 Å². The largest absolute Gasteiger partial charge is 0.392 e. The van der Waals surface area contributed by atoms with Gasteiger partial charge in [0.2, 0.25) is 10.0 Å². The summed E-state index contributed by atoms with van der Waals surface area (Å²) in [6.07, 6.45) is 0.755. The zero-order valence-electron chi connectivity index (χ0n) is 11.7. The summed E-state index contributed by atoms with van der Waals surface area (Å²) in [6, 6.07) is 4.95. The molecule has 6 heteroatoms. The second-order valence-corrected chi connectivity index (χ2v) is 6.55. The molecule has 0 aliphatic heterocycles. The van der Waals surface area contributed by atoms with Crippen molar-refractivity contribution in [1.82, 2.24) is 9.62 Å². The molecule has 5 nitrogen and oxygen atoms in total. The molecule has 1 rings (SSSR count). The normalized spacial score (nSPS) is 12.1. The van der Waals surface area contributed by atoms with E-state index in [4.69, 9.17) is 5.11 Å². The van der Waals surface area contributed by atoms with Gasteiger partial charge < -0.3 is 10.0 Å². The number of benzene rings is 1. The third-order valence-electron chi connectivity index (χ3n) is 2.80. The summed E-state index contributed by atoms with van der Waals surface area (Å²) in [5, 5.41) is 9.07. The Balaban J connectivity index is 2.77. The van der Waals surface area contributed by atoms with Crippen molar-refractivity contribution >= 4 is 10.0 Å². The van der Waals surface area contributed by atoms with E-state index < -0.39 is 10.0 Å². The highest BCUT2D eigenvalue weighted by Crippen LogP contribution is 2.17. The highest BCUT2D eigenvalue weighted by molar-refractivity contribution is 7.89. The highest BCUT2D eigenvalue weighted by Gasteiger charge is 2.16. The average molecular weight is 286 g/mol. The molecule has 0 atom stereocenters. The SMILES string of the molecule is Cc1ccc(CO)cc1S(=O)(=O)NCCCN(C)C. The molecule has 0 amide bonds. The first-order valence-corrected chi connectivity index (χ1v) is 7.70. The molecule has 0 saturated carbocycles. The van der Waals surface area contributed by atoms with Crippen molar-refractivity contribution in [3.63, 3.8) is 0 Å². The number of aliphatic hydroxyl groups excluding tert-OH is 1. The van der Waals surface area contributed by atoms with Crippen LogP contribution in [0.1, 0.15) is 17.5 Å². The molecule has 0 aromatic heterocycles. The van der Waals surface area contributed by atoms with Crippen LogP contribution in [0.3, 0.4) is 0 Å². The first-order chi connectivity index (χ1) is 8.86. The second-order valence-electron chi connectivity index (χ2n) is 4.81. The van der Waals surface area contributed by atoms with Crippen LogP contribution in [-0.2, 0) is 16.6 Å². The lowest BCUT2D eigenvalue weighted by Gasteiger charge is -2.12. The Kier molecular flexibility index (Phi) is 5.93. The van der Waals surface area contributed by atoms with Crippen LogP contribution in [0.5, 0.6) is 0 Å². The fourth-order valence-electron chi connectivity index (χ4n) is 1.71. The Morgan fingerprint density at radius 3 is 2.58 bits per heavy atom. The number of nitrogens with zero attached hydrogens (tertiary/aromatic N) is 1. The molecule has 0 aliphatic carbocycles. The first-order valence-electron chi connectivity index (χ1n) is 6.21. The van der Waals surface area contributed by atoms with Gasteiger partial charge in [0.05, 0.1) is 11.5 Å². The van der Waals surface area contributed by atoms with E-state index >= 15 is 0 Å². The van der Waals surface area contributed by atoms with Crippen LogP contribution in [0.2, 0.25) is 0 Å². The summed E-state index contributed by atoms with van der Waals surface area (Å²) in [4.78, 5) is 2.25. The number of sulfonamides is 1. The van der Waals surface area contributed by atoms with Crippen LogP contribution in [0, 0.1) is 6.92 Å². The highest BCUT2D eigenvalue weighted by atomic mass is 32.2. The number of aliphatic hydroxyl groups is 1. The minimum Gasteiger partial charge on any atom is -0.392 e. The van der Waals surface area contributed by atoms with Gasteiger partial charge >= 0.3 is 0 Å². The fraction of sp³-hybridized carbons (Fsp3) is 0.538. The van der Waals surface area contributed by atoms with E-state index in [1.54, 1.807) is 19.1 Å². The van der Waals surface area contributed by atoms with E-state index in [9.17, 15) is 8.42 Å². The lowest BCUT2D eigenvalue weighted by molar-refractivity contribution is 0.281. The monoisotopic (exact) mass is 286 g/mol. The van der Waals surface area contributed by atoms with Crippen molar-refractivity contribution in [1.29, 1.82) is 0 Å². The Hall–Kier alpha value is -0.950. The molecular formula is C13H22N2O3S. The van der Waals surface area contributed by atoms with Crippen molar-refractivity contribution in [2.24, 2.45) is 0 Å². The van der Waals surface area contributed by atoms with Gasteiger partial charge in [-0.3, -0.25) is 0 Å². The minimum atomic E-state index is -3.50. The summed E-state index contributed by atoms with van der Waals surface area (Å²) < 4.78 is 26.9. The predicted molar refractivity (Wildman–Crippen MR) is 75.5 cm³/mol. The maximum atomic E-state index is 12.2. The maximum Gasteiger partial charge on any atom is 0.240 e. The summed E-state index contributed by atoms with van der Waals surface area (Å²) in [7, 11) is 0.394. The summed E-state index contributed by atoms with van der Waals surface area (Å²) in [6.45, 7) is 2.82. The molecule has 108 valence electrons. The molecule has 0 fully saturated rings. The van der Waals surface area contributed by atoms with Crippen LogP contribution < -0.4 is 4.72 Å². The van der Waals surface area contributed by atoms with Crippen molar-refractivity contribution in [2.45, 2.75) is 24.8 Å². The average Bonchev–Trinajstić information content (AvgIpc) is 2.35. The lowest BCUT2D eigenvalue weighted by Crippen LogP contribution is -2.28. The number of hydrogen-bond acceptors (Lipinski definition) is 4. The van der Waals surface area contributed by atoms with Gasteiger partial charge in [0, 0.05) is 6.54 Å². The van der Waals surface area contributed by atoms with Gasteiger partial charge in [-0.05, 0) is 51.2 Å². The molecular weight excluding hydrogens is 264 g/mol. The van der Waals surface area contributed by atoms with E-state index in [2.05, 4.69) is 4.72 Å². The third-order valence-corrected chi connectivity index (χ3v) is 4.40. The van der Waals surface area contributed by atoms with Gasteiger partial charge in [-0.25, -0.2) is 13.1 Å². The van der Waals surface area contributed by atoms with Crippen molar-refractivity contribution in [3.05, 3.63) is 29.3 Å². The van der Waals surface area contributed by atoms with Crippen molar-refractivity contribution < 1.29 is 13.5 Å². The van der Waals surface area contributed by atoms with Crippen LogP contribution in [0.25, 0.3) is 0 Å². The smallest absolute Gasteiger partial charge is 0.240 e. The molecule has 0 unspecified atom stereocenters. The summed E-state index contributed by atoms with van der Waals surface area (Å²) in [5.74, 6) is 0. The molecule has 0 aliphatic rings. The van der Waals surface area contributed by atoms with E-state index in [0.717, 1.165) is 13.0 Å². The number of hydrogen-bond donors (Lipinski definition) is 2. The second kappa shape index (κ2) is 7.00. The molecule has 1 aromatic rings. The van der Waals surface area contributed by atoms with Crippen LogP contribution in [-0.4, -0.2) is 45.6 Å². The van der Waals surface area contributed by atoms with Crippen LogP contribution in [0.4, 0.5) is 0 Å². The van der Waals surface area contributed by atoms with Crippen LogP contribution >= 0.6 is 0 Å². The molecule has 19 heavy (non-hydrogen) atoms. The Bertz CT molecular complexity index is 513. The van der Waals surface area contributed by atoms with Gasteiger partial charge in [0.15, 0.2) is 0 Å². The Labute approximate surface area is 115 Å². The third kappa shape index (κ3) is 4.91. The molecule has 0 spiro atoms. The number of aryl methyl sites for hydroxylation is 1. The van der Waals surface area contributed by atoms with Gasteiger partial charge in [-0.2, -0.15) is 0 Å². The van der Waals surface area contributed by atoms with Crippen LogP contribution in [0.15, 0.2) is 23.1 Å². The minimum absolute atomic E-state index is 0.163. The zero-order valence-corrected chi connectivity index (χ0v) is 12.5. The van der Waals surface area contributed by atoms with E-state index in [1.807, 2.05) is 19.0 Å². The first kappa shape index (κ1) is 16.1. The maximum absolute atomic E-state index is 12.2.